The number of amides is 1. The maximum atomic E-state index is 12.4. The minimum absolute atomic E-state index is 0.0261. The quantitative estimate of drug-likeness (QED) is 0.781. The second kappa shape index (κ2) is 5.88. The number of aryl methyl sites for hydroxylation is 2. The first kappa shape index (κ1) is 14.6. The van der Waals surface area contributed by atoms with E-state index in [0.29, 0.717) is 12.3 Å². The molecule has 4 heterocycles. The largest absolute Gasteiger partial charge is 0.355 e. The summed E-state index contributed by atoms with van der Waals surface area (Å²) in [5.41, 5.74) is 1.05. The van der Waals surface area contributed by atoms with Crippen molar-refractivity contribution in [2.24, 2.45) is 0 Å². The van der Waals surface area contributed by atoms with Crippen molar-refractivity contribution < 1.29 is 9.32 Å². The van der Waals surface area contributed by atoms with Crippen molar-refractivity contribution in [2.45, 2.75) is 32.4 Å². The summed E-state index contributed by atoms with van der Waals surface area (Å²) in [7, 11) is 0. The van der Waals surface area contributed by atoms with Crippen molar-refractivity contribution in [1.82, 2.24) is 30.2 Å². The van der Waals surface area contributed by atoms with Gasteiger partial charge in [0.15, 0.2) is 11.5 Å². The second-order valence-electron chi connectivity index (χ2n) is 5.80. The zero-order valence-electron chi connectivity index (χ0n) is 13.1. The summed E-state index contributed by atoms with van der Waals surface area (Å²) in [5, 5.41) is 15.1. The zero-order valence-corrected chi connectivity index (χ0v) is 13.1. The molecule has 1 atom stereocenters. The molecule has 0 radical (unpaired) electrons. The van der Waals surface area contributed by atoms with E-state index >= 15 is 0 Å². The number of pyridine rings is 1. The maximum Gasteiger partial charge on any atom is 0.273 e. The van der Waals surface area contributed by atoms with E-state index in [-0.39, 0.29) is 17.6 Å². The summed E-state index contributed by atoms with van der Waals surface area (Å²) in [4.78, 5) is 16.4. The van der Waals surface area contributed by atoms with Crippen molar-refractivity contribution in [3.05, 3.63) is 47.9 Å². The molecule has 0 saturated carbocycles. The first-order chi connectivity index (χ1) is 11.7. The van der Waals surface area contributed by atoms with Gasteiger partial charge < -0.3 is 14.4 Å². The fourth-order valence-corrected chi connectivity index (χ4v) is 2.87. The third kappa shape index (κ3) is 2.66. The SMILES string of the molecule is Cc1nnc2n1C[C@H](NC(=O)c1cc(-c3cccnc3)on1)CC2. The average Bonchev–Trinajstić information content (AvgIpc) is 3.24. The van der Waals surface area contributed by atoms with E-state index in [2.05, 4.69) is 25.7 Å². The molecular formula is C16H16N6O2. The molecule has 8 heteroatoms. The van der Waals surface area contributed by atoms with Crippen molar-refractivity contribution in [3.8, 4) is 11.3 Å². The molecule has 1 amide bonds. The molecule has 3 aromatic rings. The Morgan fingerprint density at radius 3 is 3.17 bits per heavy atom. The highest BCUT2D eigenvalue weighted by atomic mass is 16.5. The minimum Gasteiger partial charge on any atom is -0.355 e. The van der Waals surface area contributed by atoms with Gasteiger partial charge in [0.1, 0.15) is 11.6 Å². The van der Waals surface area contributed by atoms with Gasteiger partial charge in [-0.05, 0) is 25.5 Å². The molecule has 0 aromatic carbocycles. The van der Waals surface area contributed by atoms with Crippen LogP contribution in [0.1, 0.15) is 28.6 Å². The van der Waals surface area contributed by atoms with Gasteiger partial charge in [0, 0.05) is 43.0 Å². The topological polar surface area (TPSA) is 98.7 Å². The van der Waals surface area contributed by atoms with E-state index in [1.165, 1.54) is 0 Å². The van der Waals surface area contributed by atoms with Crippen molar-refractivity contribution in [2.75, 3.05) is 0 Å². The van der Waals surface area contributed by atoms with Crippen LogP contribution in [0.5, 0.6) is 0 Å². The van der Waals surface area contributed by atoms with E-state index in [9.17, 15) is 4.79 Å². The van der Waals surface area contributed by atoms with Crippen LogP contribution in [-0.4, -0.2) is 36.9 Å². The van der Waals surface area contributed by atoms with Crippen LogP contribution in [0.25, 0.3) is 11.3 Å². The zero-order chi connectivity index (χ0) is 16.5. The third-order valence-electron chi connectivity index (χ3n) is 4.16. The molecule has 4 rings (SSSR count). The molecule has 122 valence electrons. The average molecular weight is 324 g/mol. The molecule has 0 fully saturated rings. The van der Waals surface area contributed by atoms with Gasteiger partial charge in [-0.15, -0.1) is 10.2 Å². The molecule has 1 aliphatic heterocycles. The van der Waals surface area contributed by atoms with Crippen LogP contribution in [0.4, 0.5) is 0 Å². The molecule has 0 aliphatic carbocycles. The molecule has 1 aliphatic rings. The van der Waals surface area contributed by atoms with Crippen LogP contribution in [0, 0.1) is 6.92 Å². The fraction of sp³-hybridized carbons (Fsp3) is 0.312. The molecule has 0 saturated heterocycles. The summed E-state index contributed by atoms with van der Waals surface area (Å²) in [5.74, 6) is 2.12. The van der Waals surface area contributed by atoms with Crippen LogP contribution >= 0.6 is 0 Å². The number of rotatable bonds is 3. The number of carbonyl (C=O) groups is 1. The Morgan fingerprint density at radius 1 is 1.42 bits per heavy atom. The molecule has 0 spiro atoms. The molecule has 3 aromatic heterocycles. The highest BCUT2D eigenvalue weighted by Crippen LogP contribution is 2.19. The van der Waals surface area contributed by atoms with Crippen LogP contribution in [0.2, 0.25) is 0 Å². The Hall–Kier alpha value is -3.03. The number of hydrogen-bond donors (Lipinski definition) is 1. The Bertz CT molecular complexity index is 870. The van der Waals surface area contributed by atoms with Gasteiger partial charge in [0.25, 0.3) is 5.91 Å². The number of carbonyl (C=O) groups excluding carboxylic acids is 1. The van der Waals surface area contributed by atoms with Crippen LogP contribution in [0.3, 0.4) is 0 Å². The van der Waals surface area contributed by atoms with Crippen LogP contribution in [0.15, 0.2) is 35.1 Å². The highest BCUT2D eigenvalue weighted by molar-refractivity contribution is 5.93. The summed E-state index contributed by atoms with van der Waals surface area (Å²) in [6, 6.07) is 5.31. The Balaban J connectivity index is 1.46. The van der Waals surface area contributed by atoms with Crippen molar-refractivity contribution >= 4 is 5.91 Å². The Labute approximate surface area is 137 Å². The number of nitrogens with one attached hydrogen (secondary N) is 1. The molecule has 0 unspecified atom stereocenters. The van der Waals surface area contributed by atoms with Gasteiger partial charge in [-0.2, -0.15) is 0 Å². The smallest absolute Gasteiger partial charge is 0.273 e. The van der Waals surface area contributed by atoms with Gasteiger partial charge in [0.05, 0.1) is 0 Å². The Morgan fingerprint density at radius 2 is 2.33 bits per heavy atom. The lowest BCUT2D eigenvalue weighted by Gasteiger charge is -2.24. The lowest BCUT2D eigenvalue weighted by Crippen LogP contribution is -2.41. The van der Waals surface area contributed by atoms with Gasteiger partial charge in [-0.1, -0.05) is 5.16 Å². The molecule has 0 bridgehead atoms. The predicted octanol–water partition coefficient (Wildman–Crippen LogP) is 1.38. The van der Waals surface area contributed by atoms with Gasteiger partial charge >= 0.3 is 0 Å². The Kier molecular flexibility index (Phi) is 3.56. The monoisotopic (exact) mass is 324 g/mol. The number of nitrogens with zero attached hydrogens (tertiary/aromatic N) is 5. The first-order valence-corrected chi connectivity index (χ1v) is 7.77. The molecule has 1 N–H and O–H groups in total. The van der Waals surface area contributed by atoms with Gasteiger partial charge in [-0.3, -0.25) is 9.78 Å². The van der Waals surface area contributed by atoms with Crippen LogP contribution in [-0.2, 0) is 13.0 Å². The summed E-state index contributed by atoms with van der Waals surface area (Å²) in [6.07, 6.45) is 4.97. The maximum absolute atomic E-state index is 12.4. The molecule has 8 nitrogen and oxygen atoms in total. The van der Waals surface area contributed by atoms with Gasteiger partial charge in [0.2, 0.25) is 0 Å². The lowest BCUT2D eigenvalue weighted by molar-refractivity contribution is 0.0918. The lowest BCUT2D eigenvalue weighted by atomic mass is 10.1. The summed E-state index contributed by atoms with van der Waals surface area (Å²) in [6.45, 7) is 2.59. The second-order valence-corrected chi connectivity index (χ2v) is 5.80. The minimum atomic E-state index is -0.243. The van der Waals surface area contributed by atoms with E-state index in [1.54, 1.807) is 24.5 Å². The van der Waals surface area contributed by atoms with Gasteiger partial charge in [-0.25, -0.2) is 0 Å². The van der Waals surface area contributed by atoms with Crippen LogP contribution < -0.4 is 5.32 Å². The summed E-state index contributed by atoms with van der Waals surface area (Å²) >= 11 is 0. The van der Waals surface area contributed by atoms with E-state index in [0.717, 1.165) is 30.1 Å². The predicted molar refractivity (Wildman–Crippen MR) is 84.1 cm³/mol. The molecule has 24 heavy (non-hydrogen) atoms. The molecular weight excluding hydrogens is 308 g/mol. The standard InChI is InChI=1S/C16H16N6O2/c1-10-19-20-15-5-4-12(9-22(10)15)18-16(23)13-7-14(24-21-13)11-3-2-6-17-8-11/h2-3,6-8,12H,4-5,9H2,1H3,(H,18,23)/t12-/m1/s1. The number of aromatic nitrogens is 5. The van der Waals surface area contributed by atoms with E-state index in [4.69, 9.17) is 4.52 Å². The number of fused-ring (bicyclic) bond motifs is 1. The third-order valence-corrected chi connectivity index (χ3v) is 4.16. The first-order valence-electron chi connectivity index (χ1n) is 7.77. The van der Waals surface area contributed by atoms with Crippen molar-refractivity contribution in [1.29, 1.82) is 0 Å². The highest BCUT2D eigenvalue weighted by Gasteiger charge is 2.24. The van der Waals surface area contributed by atoms with Crippen molar-refractivity contribution in [3.63, 3.8) is 0 Å². The normalized spacial score (nSPS) is 16.6. The fourth-order valence-electron chi connectivity index (χ4n) is 2.87. The van der Waals surface area contributed by atoms with E-state index < -0.39 is 0 Å². The number of hydrogen-bond acceptors (Lipinski definition) is 6. The van der Waals surface area contributed by atoms with E-state index in [1.807, 2.05) is 17.6 Å². The summed E-state index contributed by atoms with van der Waals surface area (Å²) < 4.78 is 7.29.